The van der Waals surface area contributed by atoms with Crippen molar-refractivity contribution < 1.29 is 4.79 Å². The molecule has 14 heavy (non-hydrogen) atoms. The fourth-order valence-electron chi connectivity index (χ4n) is 1.50. The van der Waals surface area contributed by atoms with E-state index < -0.39 is 0 Å². The van der Waals surface area contributed by atoms with Crippen molar-refractivity contribution in [3.63, 3.8) is 0 Å². The lowest BCUT2D eigenvalue weighted by molar-refractivity contribution is 0.0999. The molecule has 0 aliphatic carbocycles. The molecule has 0 amide bonds. The first-order chi connectivity index (χ1) is 6.70. The van der Waals surface area contributed by atoms with Gasteiger partial charge in [0.2, 0.25) is 0 Å². The van der Waals surface area contributed by atoms with Crippen LogP contribution in [0.5, 0.6) is 0 Å². The number of fused-ring (bicyclic) bond motifs is 1. The molecule has 1 aliphatic heterocycles. The third-order valence-corrected chi connectivity index (χ3v) is 2.15. The number of ketones is 1. The number of nitriles is 1. The number of carbonyl (C=O) groups is 1. The van der Waals surface area contributed by atoms with Gasteiger partial charge in [0, 0.05) is 17.7 Å². The highest BCUT2D eigenvalue weighted by atomic mass is 16.1. The Morgan fingerprint density at radius 1 is 1.50 bits per heavy atom. The zero-order valence-electron chi connectivity index (χ0n) is 7.74. The van der Waals surface area contributed by atoms with Crippen molar-refractivity contribution in [3.05, 3.63) is 29.3 Å². The zero-order valence-corrected chi connectivity index (χ0v) is 7.74. The molecule has 1 heterocycles. The van der Waals surface area contributed by atoms with E-state index in [0.29, 0.717) is 23.2 Å². The summed E-state index contributed by atoms with van der Waals surface area (Å²) in [5, 5.41) is 8.68. The van der Waals surface area contributed by atoms with Crippen molar-refractivity contribution in [1.29, 1.82) is 5.26 Å². The van der Waals surface area contributed by atoms with E-state index in [9.17, 15) is 4.79 Å². The molecule has 0 aromatic heterocycles. The second-order valence-corrected chi connectivity index (χ2v) is 3.29. The smallest absolute Gasteiger partial charge is 0.170 e. The Balaban J connectivity index is 2.62. The average Bonchev–Trinajstić information content (AvgIpc) is 2.17. The minimum absolute atomic E-state index is 0.0459. The lowest BCUT2D eigenvalue weighted by Crippen LogP contribution is -2.10. The fraction of sp³-hybridized carbons (Fsp3) is 0.182. The summed E-state index contributed by atoms with van der Waals surface area (Å²) in [7, 11) is 0. The second-order valence-electron chi connectivity index (χ2n) is 3.29. The van der Waals surface area contributed by atoms with Gasteiger partial charge in [0.1, 0.15) is 0 Å². The monoisotopic (exact) mass is 184 g/mol. The average molecular weight is 184 g/mol. The SMILES string of the molecule is CC1=Nc2ccc(C#N)cc2C(=O)C1. The van der Waals surface area contributed by atoms with Crippen LogP contribution in [0.25, 0.3) is 0 Å². The number of hydrogen-bond donors (Lipinski definition) is 0. The number of Topliss-reactive ketones (excluding diaryl/α,β-unsaturated/α-hetero) is 1. The molecule has 0 spiro atoms. The van der Waals surface area contributed by atoms with Gasteiger partial charge in [0.05, 0.1) is 17.3 Å². The topological polar surface area (TPSA) is 53.2 Å². The van der Waals surface area contributed by atoms with Crippen LogP contribution in [-0.2, 0) is 0 Å². The highest BCUT2D eigenvalue weighted by Gasteiger charge is 2.17. The standard InChI is InChI=1S/C11H8N2O/c1-7-4-11(14)9-5-8(6-12)2-3-10(9)13-7/h2-3,5H,4H2,1H3. The number of benzene rings is 1. The van der Waals surface area contributed by atoms with Gasteiger partial charge in [0.15, 0.2) is 5.78 Å². The summed E-state index contributed by atoms with van der Waals surface area (Å²) >= 11 is 0. The molecule has 0 saturated carbocycles. The molecule has 0 bridgehead atoms. The molecule has 3 nitrogen and oxygen atoms in total. The van der Waals surface area contributed by atoms with Gasteiger partial charge in [-0.25, -0.2) is 0 Å². The molecular formula is C11H8N2O. The van der Waals surface area contributed by atoms with Crippen LogP contribution in [0.3, 0.4) is 0 Å². The largest absolute Gasteiger partial charge is 0.294 e. The summed E-state index contributed by atoms with van der Waals surface area (Å²) < 4.78 is 0. The maximum atomic E-state index is 11.6. The predicted molar refractivity (Wildman–Crippen MR) is 52.9 cm³/mol. The van der Waals surface area contributed by atoms with Crippen LogP contribution in [0, 0.1) is 11.3 Å². The van der Waals surface area contributed by atoms with Crippen molar-refractivity contribution in [2.45, 2.75) is 13.3 Å². The summed E-state index contributed by atoms with van der Waals surface area (Å²) in [6, 6.07) is 7.00. The van der Waals surface area contributed by atoms with E-state index >= 15 is 0 Å². The molecule has 1 aliphatic rings. The lowest BCUT2D eigenvalue weighted by Gasteiger charge is -2.11. The Hall–Kier alpha value is -1.95. The van der Waals surface area contributed by atoms with Gasteiger partial charge < -0.3 is 0 Å². The van der Waals surface area contributed by atoms with Gasteiger partial charge in [-0.2, -0.15) is 5.26 Å². The number of carbonyl (C=O) groups excluding carboxylic acids is 1. The summed E-state index contributed by atoms with van der Waals surface area (Å²) in [6.07, 6.45) is 0.363. The number of hydrogen-bond acceptors (Lipinski definition) is 3. The third kappa shape index (κ3) is 1.31. The third-order valence-electron chi connectivity index (χ3n) is 2.15. The quantitative estimate of drug-likeness (QED) is 0.620. The first-order valence-electron chi connectivity index (χ1n) is 4.32. The first kappa shape index (κ1) is 8.64. The van der Waals surface area contributed by atoms with Crippen LogP contribution in [0.15, 0.2) is 23.2 Å². The Kier molecular flexibility index (Phi) is 1.90. The predicted octanol–water partition coefficient (Wildman–Crippen LogP) is 2.24. The zero-order chi connectivity index (χ0) is 10.1. The summed E-state index contributed by atoms with van der Waals surface area (Å²) in [6.45, 7) is 1.83. The van der Waals surface area contributed by atoms with Gasteiger partial charge in [-0.3, -0.25) is 9.79 Å². The molecule has 0 unspecified atom stereocenters. The van der Waals surface area contributed by atoms with Crippen LogP contribution >= 0.6 is 0 Å². The molecule has 0 fully saturated rings. The van der Waals surface area contributed by atoms with Gasteiger partial charge in [-0.05, 0) is 25.1 Å². The van der Waals surface area contributed by atoms with Crippen molar-refractivity contribution in [2.75, 3.05) is 0 Å². The molecule has 3 heteroatoms. The van der Waals surface area contributed by atoms with E-state index in [0.717, 1.165) is 5.71 Å². The van der Waals surface area contributed by atoms with Crippen LogP contribution in [-0.4, -0.2) is 11.5 Å². The maximum Gasteiger partial charge on any atom is 0.170 e. The van der Waals surface area contributed by atoms with Crippen molar-refractivity contribution in [2.24, 2.45) is 4.99 Å². The highest BCUT2D eigenvalue weighted by molar-refractivity contribution is 6.15. The van der Waals surface area contributed by atoms with Gasteiger partial charge in [-0.1, -0.05) is 0 Å². The van der Waals surface area contributed by atoms with E-state index in [2.05, 4.69) is 4.99 Å². The van der Waals surface area contributed by atoms with E-state index in [-0.39, 0.29) is 5.78 Å². The molecule has 1 aromatic rings. The normalized spacial score (nSPS) is 14.3. The van der Waals surface area contributed by atoms with Gasteiger partial charge in [0.25, 0.3) is 0 Å². The first-order valence-corrected chi connectivity index (χ1v) is 4.32. The fourth-order valence-corrected chi connectivity index (χ4v) is 1.50. The maximum absolute atomic E-state index is 11.6. The van der Waals surface area contributed by atoms with Crippen LogP contribution in [0.1, 0.15) is 29.3 Å². The van der Waals surface area contributed by atoms with Crippen molar-refractivity contribution >= 4 is 17.2 Å². The molecule has 1 aromatic carbocycles. The van der Waals surface area contributed by atoms with Gasteiger partial charge >= 0.3 is 0 Å². The lowest BCUT2D eigenvalue weighted by atomic mass is 9.99. The summed E-state index contributed by atoms with van der Waals surface area (Å²) in [5.41, 5.74) is 2.58. The minimum Gasteiger partial charge on any atom is -0.294 e. The van der Waals surface area contributed by atoms with E-state index in [4.69, 9.17) is 5.26 Å². The Bertz CT molecular complexity index is 481. The van der Waals surface area contributed by atoms with Crippen LogP contribution in [0.2, 0.25) is 0 Å². The number of nitrogens with zero attached hydrogens (tertiary/aromatic N) is 2. The highest BCUT2D eigenvalue weighted by Crippen LogP contribution is 2.26. The van der Waals surface area contributed by atoms with E-state index in [1.54, 1.807) is 18.2 Å². The Labute approximate surface area is 81.7 Å². The van der Waals surface area contributed by atoms with Crippen LogP contribution in [0.4, 0.5) is 5.69 Å². The van der Waals surface area contributed by atoms with E-state index in [1.807, 2.05) is 13.0 Å². The second kappa shape index (κ2) is 3.08. The molecule has 68 valence electrons. The van der Waals surface area contributed by atoms with E-state index in [1.165, 1.54) is 0 Å². The number of rotatable bonds is 0. The molecule has 2 rings (SSSR count). The molecule has 0 N–H and O–H groups in total. The molecule has 0 saturated heterocycles. The van der Waals surface area contributed by atoms with Crippen molar-refractivity contribution in [1.82, 2.24) is 0 Å². The minimum atomic E-state index is 0.0459. The van der Waals surface area contributed by atoms with Crippen LogP contribution < -0.4 is 0 Å². The molecular weight excluding hydrogens is 176 g/mol. The Morgan fingerprint density at radius 3 is 3.00 bits per heavy atom. The molecule has 0 radical (unpaired) electrons. The van der Waals surface area contributed by atoms with Gasteiger partial charge in [-0.15, -0.1) is 0 Å². The molecule has 0 atom stereocenters. The van der Waals surface area contributed by atoms with Crippen molar-refractivity contribution in [3.8, 4) is 6.07 Å². The Morgan fingerprint density at radius 2 is 2.29 bits per heavy atom. The number of aliphatic imine (C=N–C) groups is 1. The summed E-state index contributed by atoms with van der Waals surface area (Å²) in [4.78, 5) is 15.8. The summed E-state index contributed by atoms with van der Waals surface area (Å²) in [5.74, 6) is 0.0459.